The van der Waals surface area contributed by atoms with Crippen molar-refractivity contribution in [3.63, 3.8) is 0 Å². The summed E-state index contributed by atoms with van der Waals surface area (Å²) in [6, 6.07) is 7.27. The van der Waals surface area contributed by atoms with Crippen molar-refractivity contribution in [2.24, 2.45) is 5.73 Å². The molecule has 2 aliphatic rings. The van der Waals surface area contributed by atoms with Gasteiger partial charge in [0.25, 0.3) is 0 Å². The molecule has 1 saturated carbocycles. The van der Waals surface area contributed by atoms with Crippen molar-refractivity contribution in [3.8, 4) is 0 Å². The molecule has 1 aliphatic carbocycles. The molecule has 3 amide bonds. The molecule has 1 aliphatic heterocycles. The SMILES string of the molecule is CN(C(=O)C[C@H](NC(=O)OCc1ccccc1)C(=O)N(CC(=O)O)C1CC1)[C@H]1CCCN(C(=N)N)C1. The number of carbonyl (C=O) groups excluding carboxylic acids is 3. The Morgan fingerprint density at radius 3 is 2.50 bits per heavy atom. The van der Waals surface area contributed by atoms with Gasteiger partial charge < -0.3 is 35.6 Å². The number of hydrogen-bond acceptors (Lipinski definition) is 6. The summed E-state index contributed by atoms with van der Waals surface area (Å²) in [6.07, 6.45) is 1.57. The molecule has 0 unspecified atom stereocenters. The number of nitrogens with one attached hydrogen (secondary N) is 2. The number of likely N-dealkylation sites (tertiary alicyclic amines) is 1. The van der Waals surface area contributed by atoms with E-state index in [1.807, 2.05) is 6.07 Å². The second-order valence-electron chi connectivity index (χ2n) is 9.19. The number of carbonyl (C=O) groups is 4. The number of aliphatic carboxylic acids is 1. The van der Waals surface area contributed by atoms with Crippen LogP contribution in [0.25, 0.3) is 0 Å². The molecule has 2 fully saturated rings. The quantitative estimate of drug-likeness (QED) is 0.266. The monoisotopic (exact) mass is 502 g/mol. The number of hydrogen-bond donors (Lipinski definition) is 4. The minimum absolute atomic E-state index is 0.0220. The Morgan fingerprint density at radius 2 is 1.89 bits per heavy atom. The number of rotatable bonds is 10. The lowest BCUT2D eigenvalue weighted by molar-refractivity contribution is -0.146. The molecule has 1 heterocycles. The molecular formula is C24H34N6O6. The van der Waals surface area contributed by atoms with Gasteiger partial charge in [-0.1, -0.05) is 30.3 Å². The first kappa shape index (κ1) is 26.8. The third-order valence-electron chi connectivity index (χ3n) is 6.44. The molecule has 12 heteroatoms. The van der Waals surface area contributed by atoms with Gasteiger partial charge in [-0.2, -0.15) is 0 Å². The zero-order valence-corrected chi connectivity index (χ0v) is 20.4. The van der Waals surface area contributed by atoms with Crippen molar-refractivity contribution in [1.82, 2.24) is 20.0 Å². The van der Waals surface area contributed by atoms with Crippen LogP contribution in [0.2, 0.25) is 0 Å². The zero-order chi connectivity index (χ0) is 26.2. The number of ether oxygens (including phenoxy) is 1. The average Bonchev–Trinajstić information content (AvgIpc) is 3.70. The number of likely N-dealkylation sites (N-methyl/N-ethyl adjacent to an activating group) is 1. The van der Waals surface area contributed by atoms with Crippen LogP contribution in [0.3, 0.4) is 0 Å². The maximum atomic E-state index is 13.3. The molecule has 1 saturated heterocycles. The van der Waals surface area contributed by atoms with Crippen LogP contribution < -0.4 is 11.1 Å². The summed E-state index contributed by atoms with van der Waals surface area (Å²) >= 11 is 0. The number of piperidine rings is 1. The van der Waals surface area contributed by atoms with Crippen LogP contribution in [-0.2, 0) is 25.7 Å². The van der Waals surface area contributed by atoms with E-state index in [0.717, 1.165) is 12.0 Å². The van der Waals surface area contributed by atoms with E-state index >= 15 is 0 Å². The fourth-order valence-electron chi connectivity index (χ4n) is 4.24. The number of benzene rings is 1. The van der Waals surface area contributed by atoms with Crippen molar-refractivity contribution in [2.45, 2.75) is 56.8 Å². The van der Waals surface area contributed by atoms with Crippen molar-refractivity contribution < 1.29 is 29.0 Å². The molecule has 0 aromatic heterocycles. The van der Waals surface area contributed by atoms with Crippen molar-refractivity contribution in [2.75, 3.05) is 26.7 Å². The fraction of sp³-hybridized carbons (Fsp3) is 0.542. The Kier molecular flexibility index (Phi) is 9.09. The molecule has 0 radical (unpaired) electrons. The summed E-state index contributed by atoms with van der Waals surface area (Å²) in [6.45, 7) is 0.498. The lowest BCUT2D eigenvalue weighted by atomic mass is 10.0. The molecule has 5 N–H and O–H groups in total. The highest BCUT2D eigenvalue weighted by Gasteiger charge is 2.39. The Labute approximate surface area is 209 Å². The van der Waals surface area contributed by atoms with E-state index in [-0.39, 0.29) is 31.1 Å². The summed E-state index contributed by atoms with van der Waals surface area (Å²) < 4.78 is 5.24. The third kappa shape index (κ3) is 7.59. The van der Waals surface area contributed by atoms with E-state index < -0.39 is 36.5 Å². The van der Waals surface area contributed by atoms with Crippen LogP contribution in [0.5, 0.6) is 0 Å². The van der Waals surface area contributed by atoms with Crippen LogP contribution in [0.15, 0.2) is 30.3 Å². The number of alkyl carbamates (subject to hydrolysis) is 1. The number of nitrogens with zero attached hydrogens (tertiary/aromatic N) is 3. The summed E-state index contributed by atoms with van der Waals surface area (Å²) in [7, 11) is 1.61. The minimum atomic E-state index is -1.28. The van der Waals surface area contributed by atoms with Crippen LogP contribution in [0.4, 0.5) is 4.79 Å². The maximum Gasteiger partial charge on any atom is 0.408 e. The molecule has 3 rings (SSSR count). The highest BCUT2D eigenvalue weighted by Crippen LogP contribution is 2.27. The van der Waals surface area contributed by atoms with Gasteiger partial charge in [0.05, 0.1) is 6.42 Å². The fourth-order valence-corrected chi connectivity index (χ4v) is 4.24. The third-order valence-corrected chi connectivity index (χ3v) is 6.44. The Balaban J connectivity index is 1.69. The molecule has 12 nitrogen and oxygen atoms in total. The average molecular weight is 503 g/mol. The first-order valence-electron chi connectivity index (χ1n) is 12.0. The van der Waals surface area contributed by atoms with Gasteiger partial charge in [0.1, 0.15) is 19.2 Å². The molecule has 1 aromatic carbocycles. The van der Waals surface area contributed by atoms with E-state index in [4.69, 9.17) is 15.9 Å². The van der Waals surface area contributed by atoms with E-state index in [9.17, 15) is 24.3 Å². The van der Waals surface area contributed by atoms with E-state index in [1.165, 1.54) is 9.80 Å². The predicted octanol–water partition coefficient (Wildman–Crippen LogP) is 0.563. The molecule has 36 heavy (non-hydrogen) atoms. The summed E-state index contributed by atoms with van der Waals surface area (Å²) in [5, 5.41) is 19.4. The Morgan fingerprint density at radius 1 is 1.19 bits per heavy atom. The lowest BCUT2D eigenvalue weighted by Crippen LogP contribution is -2.55. The smallest absolute Gasteiger partial charge is 0.408 e. The number of carboxylic acids is 1. The van der Waals surface area contributed by atoms with Gasteiger partial charge in [-0.15, -0.1) is 0 Å². The van der Waals surface area contributed by atoms with Crippen molar-refractivity contribution >= 4 is 29.8 Å². The van der Waals surface area contributed by atoms with Gasteiger partial charge in [-0.25, -0.2) is 4.79 Å². The number of amides is 3. The van der Waals surface area contributed by atoms with Crippen LogP contribution in [0, 0.1) is 5.41 Å². The van der Waals surface area contributed by atoms with E-state index in [2.05, 4.69) is 5.32 Å². The predicted molar refractivity (Wildman–Crippen MR) is 130 cm³/mol. The first-order valence-corrected chi connectivity index (χ1v) is 12.0. The number of carboxylic acid groups (broad SMARTS) is 1. The summed E-state index contributed by atoms with van der Waals surface area (Å²) in [5.74, 6) is -2.26. The largest absolute Gasteiger partial charge is 0.480 e. The maximum absolute atomic E-state index is 13.3. The number of nitrogens with two attached hydrogens (primary N) is 1. The molecule has 0 bridgehead atoms. The normalized spacial score (nSPS) is 18.0. The van der Waals surface area contributed by atoms with Crippen LogP contribution in [0.1, 0.15) is 37.7 Å². The second kappa shape index (κ2) is 12.2. The summed E-state index contributed by atoms with van der Waals surface area (Å²) in [5.41, 5.74) is 6.36. The van der Waals surface area contributed by atoms with Gasteiger partial charge in [0.2, 0.25) is 11.8 Å². The topological polar surface area (TPSA) is 169 Å². The first-order chi connectivity index (χ1) is 17.2. The molecule has 1 aromatic rings. The Hall–Kier alpha value is -3.83. The minimum Gasteiger partial charge on any atom is -0.480 e. The van der Waals surface area contributed by atoms with Gasteiger partial charge in [-0.3, -0.25) is 19.8 Å². The number of guanidine groups is 1. The van der Waals surface area contributed by atoms with E-state index in [1.54, 1.807) is 36.2 Å². The van der Waals surface area contributed by atoms with Gasteiger partial charge >= 0.3 is 12.1 Å². The van der Waals surface area contributed by atoms with Crippen molar-refractivity contribution in [1.29, 1.82) is 5.41 Å². The van der Waals surface area contributed by atoms with Gasteiger partial charge in [0, 0.05) is 32.2 Å². The lowest BCUT2D eigenvalue weighted by Gasteiger charge is -2.38. The molecule has 2 atom stereocenters. The van der Waals surface area contributed by atoms with Crippen LogP contribution >= 0.6 is 0 Å². The van der Waals surface area contributed by atoms with Crippen molar-refractivity contribution in [3.05, 3.63) is 35.9 Å². The molecule has 196 valence electrons. The Bertz CT molecular complexity index is 969. The highest BCUT2D eigenvalue weighted by atomic mass is 16.5. The van der Waals surface area contributed by atoms with E-state index in [0.29, 0.717) is 32.4 Å². The zero-order valence-electron chi connectivity index (χ0n) is 20.4. The summed E-state index contributed by atoms with van der Waals surface area (Å²) in [4.78, 5) is 54.8. The van der Waals surface area contributed by atoms with Crippen LogP contribution in [-0.4, -0.2) is 94.5 Å². The molecular weight excluding hydrogens is 468 g/mol. The van der Waals surface area contributed by atoms with Gasteiger partial charge in [-0.05, 0) is 31.2 Å². The molecule has 0 spiro atoms. The second-order valence-corrected chi connectivity index (χ2v) is 9.19. The highest BCUT2D eigenvalue weighted by molar-refractivity contribution is 5.92. The standard InChI is InChI=1S/C24H34N6O6/c1-28(18-8-5-11-29(13-18)23(25)26)20(31)12-19(22(34)30(14-21(32)33)17-9-10-17)27-24(35)36-15-16-6-3-2-4-7-16/h2-4,6-7,17-19H,5,8-15H2,1H3,(H3,25,26)(H,27,35)(H,32,33)/t18-,19-/m0/s1. The van der Waals surface area contributed by atoms with Gasteiger partial charge in [0.15, 0.2) is 5.96 Å².